The molecule has 0 bridgehead atoms. The van der Waals surface area contributed by atoms with Gasteiger partial charge in [-0.3, -0.25) is 4.79 Å². The molecule has 0 saturated carbocycles. The third kappa shape index (κ3) is 4.52. The molecule has 1 aromatic rings. The molecule has 0 aliphatic carbocycles. The summed E-state index contributed by atoms with van der Waals surface area (Å²) in [4.78, 5) is 11.2. The molecule has 118 valence electrons. The number of hydrogen-bond acceptors (Lipinski definition) is 4. The van der Waals surface area contributed by atoms with Crippen LogP contribution in [0.3, 0.4) is 0 Å². The second-order valence-corrected chi connectivity index (χ2v) is 7.46. The maximum atomic E-state index is 12.4. The molecule has 6 nitrogen and oxygen atoms in total. The van der Waals surface area contributed by atoms with Crippen LogP contribution in [0.15, 0.2) is 29.2 Å². The smallest absolute Gasteiger partial charge is 0.248 e. The molecule has 21 heavy (non-hydrogen) atoms. The highest BCUT2D eigenvalue weighted by Gasteiger charge is 2.22. The van der Waals surface area contributed by atoms with E-state index in [0.717, 1.165) is 0 Å². The topological polar surface area (TPSA) is 106 Å². The number of rotatable bonds is 7. The number of carbonyl (C=O) groups excluding carboxylic acids is 1. The first kappa shape index (κ1) is 17.6. The Hall–Kier alpha value is -1.44. The van der Waals surface area contributed by atoms with Gasteiger partial charge >= 0.3 is 0 Å². The van der Waals surface area contributed by atoms with Crippen LogP contribution >= 0.6 is 0 Å². The fourth-order valence-corrected chi connectivity index (χ4v) is 3.01. The van der Waals surface area contributed by atoms with Gasteiger partial charge in [-0.2, -0.15) is 0 Å². The zero-order valence-electron chi connectivity index (χ0n) is 12.6. The molecule has 0 fully saturated rings. The van der Waals surface area contributed by atoms with E-state index in [1.54, 1.807) is 0 Å². The highest BCUT2D eigenvalue weighted by Crippen LogP contribution is 2.17. The first-order valence-electron chi connectivity index (χ1n) is 6.78. The summed E-state index contributed by atoms with van der Waals surface area (Å²) in [7, 11) is -2.15. The van der Waals surface area contributed by atoms with E-state index in [2.05, 4.69) is 0 Å². The highest BCUT2D eigenvalue weighted by molar-refractivity contribution is 7.89. The number of benzene rings is 1. The van der Waals surface area contributed by atoms with Gasteiger partial charge in [0.2, 0.25) is 15.9 Å². The number of nitrogens with zero attached hydrogens (tertiary/aromatic N) is 1. The maximum absolute atomic E-state index is 12.4. The summed E-state index contributed by atoms with van der Waals surface area (Å²) in [6, 6.07) is 5.66. The average Bonchev–Trinajstić information content (AvgIpc) is 2.44. The lowest BCUT2D eigenvalue weighted by Crippen LogP contribution is -2.34. The highest BCUT2D eigenvalue weighted by atomic mass is 32.2. The van der Waals surface area contributed by atoms with Crippen molar-refractivity contribution in [1.82, 2.24) is 4.31 Å². The molecule has 1 amide bonds. The molecule has 1 unspecified atom stereocenters. The third-order valence-corrected chi connectivity index (χ3v) is 5.31. The molecule has 0 radical (unpaired) electrons. The fourth-order valence-electron chi connectivity index (χ4n) is 1.77. The number of nitrogens with two attached hydrogens (primary N) is 2. The van der Waals surface area contributed by atoms with Gasteiger partial charge in [0.15, 0.2) is 0 Å². The summed E-state index contributed by atoms with van der Waals surface area (Å²) in [5.74, 6) is -0.365. The van der Waals surface area contributed by atoms with E-state index >= 15 is 0 Å². The zero-order chi connectivity index (χ0) is 16.2. The fraction of sp³-hybridized carbons (Fsp3) is 0.500. The van der Waals surface area contributed by atoms with Crippen LogP contribution in [0.5, 0.6) is 0 Å². The van der Waals surface area contributed by atoms with Gasteiger partial charge in [0.25, 0.3) is 0 Å². The number of primary amides is 1. The summed E-state index contributed by atoms with van der Waals surface area (Å²) in [6.07, 6.45) is 0.572. The summed E-state index contributed by atoms with van der Waals surface area (Å²) < 4.78 is 26.1. The number of amides is 1. The quantitative estimate of drug-likeness (QED) is 0.775. The summed E-state index contributed by atoms with van der Waals surface area (Å²) in [5.41, 5.74) is 11.3. The molecular formula is C14H23N3O3S. The Bertz CT molecular complexity index is 599. The van der Waals surface area contributed by atoms with E-state index in [1.807, 2.05) is 13.8 Å². The van der Waals surface area contributed by atoms with Crippen LogP contribution in [0, 0.1) is 5.92 Å². The zero-order valence-corrected chi connectivity index (χ0v) is 13.4. The Morgan fingerprint density at radius 3 is 2.48 bits per heavy atom. The van der Waals surface area contributed by atoms with Crippen molar-refractivity contribution in [2.45, 2.75) is 31.2 Å². The van der Waals surface area contributed by atoms with E-state index in [-0.39, 0.29) is 16.5 Å². The monoisotopic (exact) mass is 313 g/mol. The minimum Gasteiger partial charge on any atom is -0.366 e. The molecule has 1 aromatic carbocycles. The standard InChI is InChI=1S/C14H23N3O3S/c1-10(2)13(15)7-8-17(3)21(19,20)12-6-4-5-11(9-12)14(16)18/h4-6,9-10,13H,7-8,15H2,1-3H3,(H2,16,18). The van der Waals surface area contributed by atoms with Gasteiger partial charge in [-0.1, -0.05) is 19.9 Å². The lowest BCUT2D eigenvalue weighted by molar-refractivity contribution is 0.1000. The molecule has 1 atom stereocenters. The molecule has 0 aliphatic heterocycles. The predicted octanol–water partition coefficient (Wildman–Crippen LogP) is 0.779. The van der Waals surface area contributed by atoms with Crippen molar-refractivity contribution in [3.63, 3.8) is 0 Å². The van der Waals surface area contributed by atoms with E-state index in [1.165, 1.54) is 35.6 Å². The van der Waals surface area contributed by atoms with Gasteiger partial charge in [-0.15, -0.1) is 0 Å². The van der Waals surface area contributed by atoms with E-state index in [9.17, 15) is 13.2 Å². The number of carbonyl (C=O) groups is 1. The minimum absolute atomic E-state index is 0.0550. The normalized spacial score (nSPS) is 13.6. The lowest BCUT2D eigenvalue weighted by Gasteiger charge is -2.21. The van der Waals surface area contributed by atoms with Crippen LogP contribution in [0.1, 0.15) is 30.6 Å². The van der Waals surface area contributed by atoms with E-state index < -0.39 is 15.9 Å². The second-order valence-electron chi connectivity index (χ2n) is 5.42. The largest absolute Gasteiger partial charge is 0.366 e. The Morgan fingerprint density at radius 2 is 1.95 bits per heavy atom. The number of sulfonamides is 1. The molecule has 0 saturated heterocycles. The Kier molecular flexibility index (Phi) is 5.88. The van der Waals surface area contributed by atoms with Gasteiger partial charge in [-0.05, 0) is 30.5 Å². The lowest BCUT2D eigenvalue weighted by atomic mass is 10.0. The van der Waals surface area contributed by atoms with Crippen molar-refractivity contribution < 1.29 is 13.2 Å². The third-order valence-electron chi connectivity index (χ3n) is 3.46. The Labute approximate surface area is 126 Å². The summed E-state index contributed by atoms with van der Waals surface area (Å²) >= 11 is 0. The van der Waals surface area contributed by atoms with Crippen molar-refractivity contribution in [2.24, 2.45) is 17.4 Å². The van der Waals surface area contributed by atoms with E-state index in [0.29, 0.717) is 18.9 Å². The molecule has 0 aromatic heterocycles. The van der Waals surface area contributed by atoms with Crippen LogP contribution in [-0.4, -0.2) is 38.3 Å². The Balaban J connectivity index is 2.90. The average molecular weight is 313 g/mol. The van der Waals surface area contributed by atoms with Gasteiger partial charge in [0.1, 0.15) is 0 Å². The van der Waals surface area contributed by atoms with Crippen molar-refractivity contribution in [3.05, 3.63) is 29.8 Å². The van der Waals surface area contributed by atoms with Crippen LogP contribution < -0.4 is 11.5 Å². The molecule has 0 aliphatic rings. The minimum atomic E-state index is -3.65. The molecule has 0 heterocycles. The van der Waals surface area contributed by atoms with Gasteiger partial charge in [-0.25, -0.2) is 12.7 Å². The molecule has 0 spiro atoms. The van der Waals surface area contributed by atoms with Gasteiger partial charge < -0.3 is 11.5 Å². The summed E-state index contributed by atoms with van der Waals surface area (Å²) in [5, 5.41) is 0. The number of hydrogen-bond donors (Lipinski definition) is 2. The van der Waals surface area contributed by atoms with Crippen LogP contribution in [0.25, 0.3) is 0 Å². The summed E-state index contributed by atoms with van der Waals surface area (Å²) in [6.45, 7) is 4.31. The molecule has 7 heteroatoms. The van der Waals surface area contributed by atoms with Crippen molar-refractivity contribution >= 4 is 15.9 Å². The first-order chi connectivity index (χ1) is 9.66. The van der Waals surface area contributed by atoms with Crippen molar-refractivity contribution in [2.75, 3.05) is 13.6 Å². The van der Waals surface area contributed by atoms with Crippen LogP contribution in [0.4, 0.5) is 0 Å². The molecule has 4 N–H and O–H groups in total. The van der Waals surface area contributed by atoms with Gasteiger partial charge in [0.05, 0.1) is 4.90 Å². The first-order valence-corrected chi connectivity index (χ1v) is 8.22. The maximum Gasteiger partial charge on any atom is 0.248 e. The van der Waals surface area contributed by atoms with E-state index in [4.69, 9.17) is 11.5 Å². The van der Waals surface area contributed by atoms with Crippen LogP contribution in [-0.2, 0) is 10.0 Å². The van der Waals surface area contributed by atoms with Crippen LogP contribution in [0.2, 0.25) is 0 Å². The predicted molar refractivity (Wildman–Crippen MR) is 82.2 cm³/mol. The SMILES string of the molecule is CC(C)C(N)CCN(C)S(=O)(=O)c1cccc(C(N)=O)c1. The molecule has 1 rings (SSSR count). The second kappa shape index (κ2) is 7.02. The van der Waals surface area contributed by atoms with Crippen molar-refractivity contribution in [3.8, 4) is 0 Å². The van der Waals surface area contributed by atoms with Gasteiger partial charge in [0, 0.05) is 25.2 Å². The molecular weight excluding hydrogens is 290 g/mol. The van der Waals surface area contributed by atoms with Crippen molar-refractivity contribution in [1.29, 1.82) is 0 Å². The Morgan fingerprint density at radius 1 is 1.33 bits per heavy atom.